The molecule has 120 valence electrons. The van der Waals surface area contributed by atoms with Crippen molar-refractivity contribution in [2.75, 3.05) is 26.4 Å². The van der Waals surface area contributed by atoms with Crippen molar-refractivity contribution < 1.29 is 8.42 Å². The first kappa shape index (κ1) is 17.9. The van der Waals surface area contributed by atoms with Crippen LogP contribution in [-0.2, 0) is 10.0 Å². The molecule has 0 saturated carbocycles. The molecular weight excluding hydrogens is 440 g/mol. The number of nitrogens with zero attached hydrogens (tertiary/aromatic N) is 1. The van der Waals surface area contributed by atoms with Gasteiger partial charge in [-0.15, -0.1) is 11.3 Å². The summed E-state index contributed by atoms with van der Waals surface area (Å²) in [6.45, 7) is 1.30. The zero-order valence-electron chi connectivity index (χ0n) is 12.1. The maximum Gasteiger partial charge on any atom is 0.211 e. The molecule has 0 radical (unpaired) electrons. The molecule has 0 amide bonds. The van der Waals surface area contributed by atoms with Crippen LogP contribution in [0.5, 0.6) is 0 Å². The highest BCUT2D eigenvalue weighted by molar-refractivity contribution is 9.12. The second-order valence-corrected chi connectivity index (χ2v) is 11.2. The molecule has 21 heavy (non-hydrogen) atoms. The van der Waals surface area contributed by atoms with Crippen LogP contribution in [0, 0.1) is 5.92 Å². The van der Waals surface area contributed by atoms with Gasteiger partial charge in [0.2, 0.25) is 10.0 Å². The summed E-state index contributed by atoms with van der Waals surface area (Å²) in [6, 6.07) is 2.37. The number of piperidine rings is 1. The third-order valence-corrected chi connectivity index (χ3v) is 7.58. The summed E-state index contributed by atoms with van der Waals surface area (Å²) in [4.78, 5) is 0. The molecule has 1 fully saturated rings. The third-order valence-electron chi connectivity index (χ3n) is 3.93. The SMILES string of the molecule is CNC(CC1CCCN(S(C)(=O)=O)C1)c1cc(Br)sc1Br. The zero-order valence-corrected chi connectivity index (χ0v) is 16.9. The summed E-state index contributed by atoms with van der Waals surface area (Å²) < 4.78 is 27.3. The van der Waals surface area contributed by atoms with Crippen molar-refractivity contribution >= 4 is 53.2 Å². The maximum atomic E-state index is 11.7. The van der Waals surface area contributed by atoms with E-state index in [1.165, 1.54) is 11.8 Å². The van der Waals surface area contributed by atoms with Gasteiger partial charge in [-0.2, -0.15) is 0 Å². The maximum absolute atomic E-state index is 11.7. The third kappa shape index (κ3) is 4.75. The first-order chi connectivity index (χ1) is 9.81. The molecule has 0 bridgehead atoms. The Morgan fingerprint density at radius 3 is 2.76 bits per heavy atom. The fourth-order valence-corrected chi connectivity index (χ4v) is 6.76. The van der Waals surface area contributed by atoms with Gasteiger partial charge in [0.1, 0.15) is 0 Å². The molecule has 4 nitrogen and oxygen atoms in total. The molecule has 2 unspecified atom stereocenters. The molecule has 0 aliphatic carbocycles. The lowest BCUT2D eigenvalue weighted by atomic mass is 9.90. The van der Waals surface area contributed by atoms with Crippen LogP contribution in [-0.4, -0.2) is 39.1 Å². The molecule has 2 rings (SSSR count). The van der Waals surface area contributed by atoms with Gasteiger partial charge in [-0.05, 0) is 75.7 Å². The van der Waals surface area contributed by atoms with Crippen molar-refractivity contribution in [3.63, 3.8) is 0 Å². The average molecular weight is 460 g/mol. The minimum Gasteiger partial charge on any atom is -0.313 e. The first-order valence-electron chi connectivity index (χ1n) is 6.88. The second-order valence-electron chi connectivity index (χ2n) is 5.49. The second kappa shape index (κ2) is 7.40. The van der Waals surface area contributed by atoms with Gasteiger partial charge in [0.05, 0.1) is 13.8 Å². The standard InChI is InChI=1S/C13H20Br2N2O2S2/c1-16-11(10-7-12(14)20-13(10)15)6-9-4-3-5-17(8-9)21(2,18)19/h7,9,11,16H,3-6,8H2,1-2H3. The summed E-state index contributed by atoms with van der Waals surface area (Å²) in [5.41, 5.74) is 1.24. The number of rotatable bonds is 5. The summed E-state index contributed by atoms with van der Waals surface area (Å²) in [5.74, 6) is 0.400. The van der Waals surface area contributed by atoms with E-state index in [1.54, 1.807) is 15.6 Å². The van der Waals surface area contributed by atoms with Gasteiger partial charge in [-0.25, -0.2) is 12.7 Å². The lowest BCUT2D eigenvalue weighted by Gasteiger charge is -2.33. The summed E-state index contributed by atoms with van der Waals surface area (Å²) in [7, 11) is -1.11. The molecule has 1 N–H and O–H groups in total. The van der Waals surface area contributed by atoms with Crippen LogP contribution in [0.2, 0.25) is 0 Å². The van der Waals surface area contributed by atoms with Crippen LogP contribution >= 0.6 is 43.2 Å². The van der Waals surface area contributed by atoms with Crippen LogP contribution in [0.4, 0.5) is 0 Å². The van der Waals surface area contributed by atoms with Gasteiger partial charge in [-0.3, -0.25) is 0 Å². The quantitative estimate of drug-likeness (QED) is 0.731. The Hall–Kier alpha value is 0.530. The van der Waals surface area contributed by atoms with E-state index in [0.717, 1.165) is 26.8 Å². The number of nitrogens with one attached hydrogen (secondary N) is 1. The topological polar surface area (TPSA) is 49.4 Å². The van der Waals surface area contributed by atoms with E-state index < -0.39 is 10.0 Å². The van der Waals surface area contributed by atoms with Crippen molar-refractivity contribution in [2.24, 2.45) is 5.92 Å². The number of halogens is 2. The van der Waals surface area contributed by atoms with Gasteiger partial charge >= 0.3 is 0 Å². The number of sulfonamides is 1. The van der Waals surface area contributed by atoms with E-state index in [2.05, 4.69) is 43.2 Å². The fraction of sp³-hybridized carbons (Fsp3) is 0.692. The highest BCUT2D eigenvalue weighted by Crippen LogP contribution is 2.38. The van der Waals surface area contributed by atoms with Gasteiger partial charge in [-0.1, -0.05) is 0 Å². The Kier molecular flexibility index (Phi) is 6.30. The van der Waals surface area contributed by atoms with Gasteiger partial charge in [0.25, 0.3) is 0 Å². The van der Waals surface area contributed by atoms with Gasteiger partial charge in [0, 0.05) is 19.1 Å². The Morgan fingerprint density at radius 2 is 2.24 bits per heavy atom. The largest absolute Gasteiger partial charge is 0.313 e. The van der Waals surface area contributed by atoms with E-state index >= 15 is 0 Å². The highest BCUT2D eigenvalue weighted by Gasteiger charge is 2.28. The fourth-order valence-electron chi connectivity index (χ4n) is 2.84. The monoisotopic (exact) mass is 458 g/mol. The van der Waals surface area contributed by atoms with Crippen LogP contribution < -0.4 is 5.32 Å². The Morgan fingerprint density at radius 1 is 1.52 bits per heavy atom. The Balaban J connectivity index is 2.07. The average Bonchev–Trinajstić information content (AvgIpc) is 2.74. The smallest absolute Gasteiger partial charge is 0.211 e. The lowest BCUT2D eigenvalue weighted by molar-refractivity contribution is 0.240. The summed E-state index contributed by atoms with van der Waals surface area (Å²) >= 11 is 8.79. The lowest BCUT2D eigenvalue weighted by Crippen LogP contribution is -2.40. The Bertz CT molecular complexity index is 589. The molecule has 1 aromatic heterocycles. The molecule has 0 aromatic carbocycles. The van der Waals surface area contributed by atoms with E-state index in [4.69, 9.17) is 0 Å². The molecule has 8 heteroatoms. The van der Waals surface area contributed by atoms with Crippen molar-refractivity contribution in [2.45, 2.75) is 25.3 Å². The van der Waals surface area contributed by atoms with Gasteiger partial charge in [0.15, 0.2) is 0 Å². The minimum atomic E-state index is -3.07. The summed E-state index contributed by atoms with van der Waals surface area (Å²) in [6.07, 6.45) is 4.29. The molecular formula is C13H20Br2N2O2S2. The normalized spacial score (nSPS) is 22.4. The van der Waals surface area contributed by atoms with Crippen molar-refractivity contribution in [1.82, 2.24) is 9.62 Å². The van der Waals surface area contributed by atoms with Crippen molar-refractivity contribution in [3.05, 3.63) is 19.2 Å². The van der Waals surface area contributed by atoms with Crippen LogP contribution in [0.25, 0.3) is 0 Å². The van der Waals surface area contributed by atoms with Crippen LogP contribution in [0.15, 0.2) is 13.6 Å². The van der Waals surface area contributed by atoms with E-state index in [0.29, 0.717) is 19.0 Å². The van der Waals surface area contributed by atoms with Crippen LogP contribution in [0.1, 0.15) is 30.9 Å². The molecule has 1 aromatic rings. The molecule has 1 aliphatic rings. The molecule has 2 heterocycles. The van der Waals surface area contributed by atoms with Crippen LogP contribution in [0.3, 0.4) is 0 Å². The zero-order chi connectivity index (χ0) is 15.6. The summed E-state index contributed by atoms with van der Waals surface area (Å²) in [5, 5.41) is 3.36. The van der Waals surface area contributed by atoms with E-state index in [-0.39, 0.29) is 6.04 Å². The van der Waals surface area contributed by atoms with E-state index in [1.807, 2.05) is 7.05 Å². The number of thiophene rings is 1. The molecule has 0 spiro atoms. The van der Waals surface area contributed by atoms with Crippen molar-refractivity contribution in [3.8, 4) is 0 Å². The minimum absolute atomic E-state index is 0.242. The highest BCUT2D eigenvalue weighted by atomic mass is 79.9. The first-order valence-corrected chi connectivity index (χ1v) is 11.1. The van der Waals surface area contributed by atoms with Crippen molar-refractivity contribution in [1.29, 1.82) is 0 Å². The number of hydrogen-bond donors (Lipinski definition) is 1. The predicted molar refractivity (Wildman–Crippen MR) is 95.3 cm³/mol. The number of hydrogen-bond acceptors (Lipinski definition) is 4. The molecule has 1 aliphatic heterocycles. The predicted octanol–water partition coefficient (Wildman–Crippen LogP) is 3.60. The molecule has 2 atom stereocenters. The van der Waals surface area contributed by atoms with Gasteiger partial charge < -0.3 is 5.32 Å². The molecule has 1 saturated heterocycles. The van der Waals surface area contributed by atoms with E-state index in [9.17, 15) is 8.42 Å². The Labute approximate surface area is 147 Å².